The molecule has 3 nitrogen and oxygen atoms in total. The van der Waals surface area contributed by atoms with Crippen molar-refractivity contribution in [3.63, 3.8) is 0 Å². The Labute approximate surface area is 445 Å². The zero-order valence-corrected chi connectivity index (χ0v) is 48.4. The topological polar surface area (TPSA) is 19.6 Å². The van der Waals surface area contributed by atoms with Crippen molar-refractivity contribution < 1.29 is 4.42 Å². The third kappa shape index (κ3) is 7.32. The van der Waals surface area contributed by atoms with Gasteiger partial charge in [-0.15, -0.1) is 0 Å². The van der Waals surface area contributed by atoms with Gasteiger partial charge in [0.15, 0.2) is 0 Å². The van der Waals surface area contributed by atoms with Crippen LogP contribution in [0.2, 0.25) is 0 Å². The van der Waals surface area contributed by atoms with Crippen LogP contribution >= 0.6 is 0 Å². The number of furan rings is 1. The first-order valence-corrected chi connectivity index (χ1v) is 28.4. The number of aryl methyl sites for hydroxylation is 1. The van der Waals surface area contributed by atoms with E-state index in [0.29, 0.717) is 5.92 Å². The van der Waals surface area contributed by atoms with E-state index in [1.165, 1.54) is 131 Å². The van der Waals surface area contributed by atoms with Crippen molar-refractivity contribution >= 4 is 68.4 Å². The summed E-state index contributed by atoms with van der Waals surface area (Å²) >= 11 is 0. The fourth-order valence-corrected chi connectivity index (χ4v) is 14.6. The van der Waals surface area contributed by atoms with Crippen LogP contribution in [0, 0.1) is 6.92 Å². The fourth-order valence-electron chi connectivity index (χ4n) is 14.6. The van der Waals surface area contributed by atoms with Crippen molar-refractivity contribution in [3.05, 3.63) is 147 Å². The molecule has 5 aliphatic rings. The van der Waals surface area contributed by atoms with Gasteiger partial charge in [-0.25, -0.2) is 0 Å². The smallest absolute Gasteiger partial charge is 0.297 e. The highest BCUT2D eigenvalue weighted by molar-refractivity contribution is 7.00. The van der Waals surface area contributed by atoms with Crippen LogP contribution in [0.15, 0.2) is 101 Å². The van der Waals surface area contributed by atoms with E-state index < -0.39 is 0 Å². The Morgan fingerprint density at radius 1 is 0.527 bits per heavy atom. The van der Waals surface area contributed by atoms with Gasteiger partial charge in [-0.2, -0.15) is 0 Å². The van der Waals surface area contributed by atoms with Crippen LogP contribution in [-0.2, 0) is 37.9 Å². The molecule has 0 saturated carbocycles. The molecule has 0 amide bonds. The summed E-state index contributed by atoms with van der Waals surface area (Å²) in [7, 11) is 0. The SMILES string of the molecule is Cc1cc2c3c(c1)N(c1ccc4c(c1)C(C)(C)CCC4C)c1c(oc4cc5c(cc14)C(C)(C)CCC5(C)C)B3c1cc(C(C)(C)C)ccc1N2c1ccc(C(C)(C)C)cc1-c1cccc2c1C(C)(C)CCC2(C)C. The second-order valence-corrected chi connectivity index (χ2v) is 29.4. The van der Waals surface area contributed by atoms with E-state index in [0.717, 1.165) is 30.5 Å². The average Bonchev–Trinajstić information content (AvgIpc) is 3.70. The molecule has 0 radical (unpaired) electrons. The number of nitrogens with zero attached hydrogens (tertiary/aromatic N) is 2. The molecule has 1 atom stereocenters. The van der Waals surface area contributed by atoms with Crippen molar-refractivity contribution in [1.82, 2.24) is 0 Å². The number of rotatable bonds is 3. The lowest BCUT2D eigenvalue weighted by molar-refractivity contribution is 0.332. The zero-order valence-electron chi connectivity index (χ0n) is 48.4. The maximum atomic E-state index is 7.73. The van der Waals surface area contributed by atoms with Crippen molar-refractivity contribution in [2.75, 3.05) is 9.80 Å². The molecule has 2 aliphatic heterocycles. The van der Waals surface area contributed by atoms with Crippen LogP contribution in [0.1, 0.15) is 212 Å². The molecule has 0 saturated heterocycles. The van der Waals surface area contributed by atoms with E-state index >= 15 is 0 Å². The standard InChI is InChI=1S/C70H83BN2O/c1-41-34-57-61-58(35-41)73(55-26-22-43(64(3,4)5)36-48(55)47-20-19-21-50-60(47)70(17,18)33-32-67(50,11)12)56-27-23-44(65(6,7)8)37-54(56)71(61)63-62(72(57)45-24-25-46-42(2)28-29-66(9,10)51(46)38-45)49-39-52-53(40-59(49)74-63)69(15,16)31-30-68(52,13)14/h19-27,34-40,42H,28-33H2,1-18H3. The minimum absolute atomic E-state index is 0.00847. The molecule has 12 rings (SSSR count). The first kappa shape index (κ1) is 49.4. The highest BCUT2D eigenvalue weighted by Crippen LogP contribution is 2.56. The number of anilines is 6. The molecule has 0 spiro atoms. The summed E-state index contributed by atoms with van der Waals surface area (Å²) in [5, 5.41) is 1.22. The molecule has 74 heavy (non-hydrogen) atoms. The average molecular weight is 979 g/mol. The minimum Gasteiger partial charge on any atom is -0.468 e. The number of benzene rings is 6. The molecule has 1 unspecified atom stereocenters. The van der Waals surface area contributed by atoms with Crippen LogP contribution in [0.3, 0.4) is 0 Å². The predicted octanol–water partition coefficient (Wildman–Crippen LogP) is 18.0. The van der Waals surface area contributed by atoms with Gasteiger partial charge in [-0.05, 0) is 210 Å². The van der Waals surface area contributed by atoms with Gasteiger partial charge in [0.2, 0.25) is 0 Å². The molecule has 0 N–H and O–H groups in total. The highest BCUT2D eigenvalue weighted by Gasteiger charge is 2.49. The van der Waals surface area contributed by atoms with E-state index in [1.807, 2.05) is 0 Å². The Morgan fingerprint density at radius 3 is 1.77 bits per heavy atom. The summed E-state index contributed by atoms with van der Waals surface area (Å²) in [5.41, 5.74) is 27.6. The highest BCUT2D eigenvalue weighted by atomic mass is 16.3. The Balaban J connectivity index is 1.21. The van der Waals surface area contributed by atoms with Gasteiger partial charge in [0.25, 0.3) is 6.71 Å². The van der Waals surface area contributed by atoms with Crippen LogP contribution < -0.4 is 26.4 Å². The molecule has 1 aromatic heterocycles. The molecule has 6 aromatic carbocycles. The largest absolute Gasteiger partial charge is 0.468 e. The third-order valence-corrected chi connectivity index (χ3v) is 19.6. The second-order valence-electron chi connectivity index (χ2n) is 29.4. The maximum Gasteiger partial charge on any atom is 0.297 e. The van der Waals surface area contributed by atoms with Crippen molar-refractivity contribution in [2.45, 2.75) is 207 Å². The summed E-state index contributed by atoms with van der Waals surface area (Å²) in [6.45, 7) is 43.5. The number of hydrogen-bond donors (Lipinski definition) is 0. The van der Waals surface area contributed by atoms with Gasteiger partial charge in [0.05, 0.1) is 17.0 Å². The number of hydrogen-bond acceptors (Lipinski definition) is 3. The van der Waals surface area contributed by atoms with Gasteiger partial charge >= 0.3 is 0 Å². The van der Waals surface area contributed by atoms with Crippen LogP contribution in [0.4, 0.5) is 34.1 Å². The normalized spacial score (nSPS) is 20.6. The quantitative estimate of drug-likeness (QED) is 0.165. The lowest BCUT2D eigenvalue weighted by Crippen LogP contribution is -2.61. The van der Waals surface area contributed by atoms with Crippen molar-refractivity contribution in [3.8, 4) is 11.1 Å². The second kappa shape index (κ2) is 15.8. The van der Waals surface area contributed by atoms with Gasteiger partial charge in [-0.3, -0.25) is 0 Å². The molecule has 4 heteroatoms. The van der Waals surface area contributed by atoms with Crippen LogP contribution in [0.25, 0.3) is 22.1 Å². The summed E-state index contributed by atoms with van der Waals surface area (Å²) < 4.78 is 7.73. The Kier molecular flexibility index (Phi) is 10.5. The Hall–Kier alpha value is -5.48. The molecular formula is C70H83BN2O. The van der Waals surface area contributed by atoms with E-state index in [2.05, 4.69) is 231 Å². The molecular weight excluding hydrogens is 896 g/mol. The lowest BCUT2D eigenvalue weighted by Gasteiger charge is -2.45. The molecule has 382 valence electrons. The predicted molar refractivity (Wildman–Crippen MR) is 319 cm³/mol. The summed E-state index contributed by atoms with van der Waals surface area (Å²) in [6, 6.07) is 39.6. The lowest BCUT2D eigenvalue weighted by atomic mass is 9.35. The minimum atomic E-state index is -0.138. The van der Waals surface area contributed by atoms with E-state index in [1.54, 1.807) is 0 Å². The molecule has 3 aliphatic carbocycles. The molecule has 7 aromatic rings. The van der Waals surface area contributed by atoms with E-state index in [9.17, 15) is 0 Å². The first-order chi connectivity index (χ1) is 34.5. The van der Waals surface area contributed by atoms with Gasteiger partial charge in [-0.1, -0.05) is 160 Å². The van der Waals surface area contributed by atoms with Crippen molar-refractivity contribution in [2.24, 2.45) is 0 Å². The monoisotopic (exact) mass is 979 g/mol. The van der Waals surface area contributed by atoms with Gasteiger partial charge < -0.3 is 14.2 Å². The maximum absolute atomic E-state index is 7.73. The Bertz CT molecular complexity index is 3500. The molecule has 0 bridgehead atoms. The van der Waals surface area contributed by atoms with E-state index in [-0.39, 0.29) is 44.6 Å². The van der Waals surface area contributed by atoms with Crippen LogP contribution in [-0.4, -0.2) is 6.71 Å². The molecule has 3 heterocycles. The third-order valence-electron chi connectivity index (χ3n) is 19.6. The first-order valence-electron chi connectivity index (χ1n) is 28.4. The molecule has 0 fully saturated rings. The summed E-state index contributed by atoms with van der Waals surface area (Å²) in [6.07, 6.45) is 7.05. The Morgan fingerprint density at radius 2 is 1.11 bits per heavy atom. The van der Waals surface area contributed by atoms with E-state index in [4.69, 9.17) is 4.42 Å². The zero-order chi connectivity index (χ0) is 52.8. The summed E-state index contributed by atoms with van der Waals surface area (Å²) in [5.74, 6) is 0.528. The summed E-state index contributed by atoms with van der Waals surface area (Å²) in [4.78, 5) is 5.34. The van der Waals surface area contributed by atoms with Gasteiger partial charge in [0, 0.05) is 33.7 Å². The van der Waals surface area contributed by atoms with Crippen molar-refractivity contribution in [1.29, 1.82) is 0 Å². The van der Waals surface area contributed by atoms with Crippen LogP contribution in [0.5, 0.6) is 0 Å². The number of fused-ring (bicyclic) bond motifs is 9. The van der Waals surface area contributed by atoms with Gasteiger partial charge in [0.1, 0.15) is 5.58 Å². The fraction of sp³-hybridized carbons (Fsp3) is 0.457.